The molecule has 1 aliphatic rings. The third-order valence-electron chi connectivity index (χ3n) is 6.66. The number of nitrogens with zero attached hydrogens (tertiary/aromatic N) is 1. The second kappa shape index (κ2) is 13.2. The van der Waals surface area contributed by atoms with E-state index < -0.39 is 54.5 Å². The van der Waals surface area contributed by atoms with Crippen molar-refractivity contribution in [1.29, 1.82) is 0 Å². The van der Waals surface area contributed by atoms with Gasteiger partial charge in [0.1, 0.15) is 18.1 Å². The van der Waals surface area contributed by atoms with Gasteiger partial charge in [-0.1, -0.05) is 24.6 Å². The summed E-state index contributed by atoms with van der Waals surface area (Å²) in [5.41, 5.74) is 13.3. The number of carboxylic acid groups (broad SMARTS) is 1. The molecule has 0 spiro atoms. The van der Waals surface area contributed by atoms with Crippen molar-refractivity contribution in [1.82, 2.24) is 20.5 Å². The zero-order valence-electron chi connectivity index (χ0n) is 20.7. The Morgan fingerprint density at radius 1 is 1.14 bits per heavy atom. The van der Waals surface area contributed by atoms with Crippen LogP contribution in [0.2, 0.25) is 0 Å². The summed E-state index contributed by atoms with van der Waals surface area (Å²) in [7, 11) is 0. The van der Waals surface area contributed by atoms with Gasteiger partial charge in [-0.15, -0.1) is 0 Å². The van der Waals surface area contributed by atoms with Gasteiger partial charge in [0, 0.05) is 30.1 Å². The number of aromatic nitrogens is 1. The molecule has 1 fully saturated rings. The van der Waals surface area contributed by atoms with Crippen molar-refractivity contribution in [3.63, 3.8) is 0 Å². The van der Waals surface area contributed by atoms with Crippen LogP contribution < -0.4 is 22.1 Å². The summed E-state index contributed by atoms with van der Waals surface area (Å²) < 4.78 is 0. The number of nitrogens with one attached hydrogen (secondary N) is 3. The molecule has 0 saturated carbocycles. The molecule has 0 bridgehead atoms. The van der Waals surface area contributed by atoms with Crippen molar-refractivity contribution in [3.8, 4) is 0 Å². The number of benzene rings is 1. The van der Waals surface area contributed by atoms with Crippen LogP contribution in [0.25, 0.3) is 10.9 Å². The fourth-order valence-electron chi connectivity index (χ4n) is 4.60. The Balaban J connectivity index is 1.81. The number of rotatable bonds is 13. The molecule has 4 atom stereocenters. The molecule has 12 heteroatoms. The highest BCUT2D eigenvalue weighted by Gasteiger charge is 2.39. The lowest BCUT2D eigenvalue weighted by molar-refractivity contribution is -0.145. The third kappa shape index (κ3) is 7.06. The van der Waals surface area contributed by atoms with Gasteiger partial charge in [0.15, 0.2) is 0 Å². The number of aromatic amines is 1. The van der Waals surface area contributed by atoms with Gasteiger partial charge in [-0.25, -0.2) is 4.79 Å². The average Bonchev–Trinajstić information content (AvgIpc) is 3.54. The molecule has 1 aliphatic heterocycles. The fraction of sp³-hybridized carbons (Fsp3) is 0.520. The zero-order chi connectivity index (χ0) is 26.9. The van der Waals surface area contributed by atoms with Gasteiger partial charge in [-0.2, -0.15) is 0 Å². The summed E-state index contributed by atoms with van der Waals surface area (Å²) in [4.78, 5) is 55.2. The summed E-state index contributed by atoms with van der Waals surface area (Å²) in [6, 6.07) is 3.39. The predicted octanol–water partition coefficient (Wildman–Crippen LogP) is -0.796. The van der Waals surface area contributed by atoms with E-state index in [-0.39, 0.29) is 13.0 Å². The lowest BCUT2D eigenvalue weighted by atomic mass is 10.0. The predicted molar refractivity (Wildman–Crippen MR) is 136 cm³/mol. The zero-order valence-corrected chi connectivity index (χ0v) is 20.7. The minimum Gasteiger partial charge on any atom is -0.480 e. The Hall–Kier alpha value is -3.48. The Labute approximate surface area is 214 Å². The summed E-state index contributed by atoms with van der Waals surface area (Å²) >= 11 is 0. The van der Waals surface area contributed by atoms with Crippen LogP contribution in [0.3, 0.4) is 0 Å². The number of amides is 3. The molecule has 1 aromatic carbocycles. The number of likely N-dealkylation sites (tertiary alicyclic amines) is 1. The van der Waals surface area contributed by atoms with E-state index in [0.717, 1.165) is 22.9 Å². The van der Waals surface area contributed by atoms with Crippen molar-refractivity contribution < 1.29 is 29.4 Å². The molecule has 0 radical (unpaired) electrons. The van der Waals surface area contributed by atoms with Gasteiger partial charge in [0.2, 0.25) is 17.7 Å². The Bertz CT molecular complexity index is 1100. The largest absolute Gasteiger partial charge is 0.480 e. The van der Waals surface area contributed by atoms with Crippen LogP contribution in [0.4, 0.5) is 0 Å². The van der Waals surface area contributed by atoms with Crippen molar-refractivity contribution in [3.05, 3.63) is 36.0 Å². The van der Waals surface area contributed by atoms with Crippen molar-refractivity contribution in [2.45, 2.75) is 62.7 Å². The molecule has 2 aromatic rings. The standard InChI is InChI=1S/C25H36N6O6/c26-10-4-3-7-17(27)22(33)29-19(12-15-13-28-18-8-2-1-6-16(15)18)24(35)31-11-5-9-21(31)23(34)30-20(14-32)25(36)37/h1-2,6,8,13,17,19-21,28,32H,3-5,7,9-12,14,26-27H2,(H,29,33)(H,30,34)(H,36,37). The van der Waals surface area contributed by atoms with Crippen LogP contribution >= 0.6 is 0 Å². The van der Waals surface area contributed by atoms with E-state index in [2.05, 4.69) is 15.6 Å². The highest BCUT2D eigenvalue weighted by Crippen LogP contribution is 2.23. The molecule has 3 amide bonds. The van der Waals surface area contributed by atoms with E-state index in [0.29, 0.717) is 32.2 Å². The van der Waals surface area contributed by atoms with Gasteiger partial charge in [0.25, 0.3) is 0 Å². The molecule has 4 unspecified atom stereocenters. The van der Waals surface area contributed by atoms with Crippen LogP contribution in [-0.2, 0) is 25.6 Å². The lowest BCUT2D eigenvalue weighted by Crippen LogP contribution is -2.57. The average molecular weight is 517 g/mol. The highest BCUT2D eigenvalue weighted by molar-refractivity contribution is 5.95. The maximum atomic E-state index is 13.7. The van der Waals surface area contributed by atoms with Crippen LogP contribution in [0.15, 0.2) is 30.5 Å². The fourth-order valence-corrected chi connectivity index (χ4v) is 4.60. The number of aliphatic hydroxyl groups is 1. The Morgan fingerprint density at radius 3 is 2.59 bits per heavy atom. The second-order valence-electron chi connectivity index (χ2n) is 9.29. The molecule has 3 rings (SSSR count). The number of nitrogens with two attached hydrogens (primary N) is 2. The van der Waals surface area contributed by atoms with E-state index in [9.17, 15) is 24.3 Å². The van der Waals surface area contributed by atoms with Crippen LogP contribution in [0.1, 0.15) is 37.7 Å². The number of hydrogen-bond donors (Lipinski definition) is 7. The number of aliphatic carboxylic acids is 1. The number of aliphatic hydroxyl groups excluding tert-OH is 1. The smallest absolute Gasteiger partial charge is 0.328 e. The SMILES string of the molecule is NCCCCC(N)C(=O)NC(Cc1c[nH]c2ccccc12)C(=O)N1CCCC1C(=O)NC(CO)C(=O)O. The number of hydrogen-bond acceptors (Lipinski definition) is 7. The first-order valence-electron chi connectivity index (χ1n) is 12.5. The molecule has 1 saturated heterocycles. The highest BCUT2D eigenvalue weighted by atomic mass is 16.4. The Morgan fingerprint density at radius 2 is 1.89 bits per heavy atom. The van der Waals surface area contributed by atoms with E-state index in [4.69, 9.17) is 16.6 Å². The summed E-state index contributed by atoms with van der Waals surface area (Å²) in [5, 5.41) is 24.4. The second-order valence-corrected chi connectivity index (χ2v) is 9.29. The topological polar surface area (TPSA) is 204 Å². The molecule has 1 aromatic heterocycles. The van der Waals surface area contributed by atoms with Crippen LogP contribution in [0.5, 0.6) is 0 Å². The van der Waals surface area contributed by atoms with Crippen molar-refractivity contribution in [2.24, 2.45) is 11.5 Å². The van der Waals surface area contributed by atoms with Crippen molar-refractivity contribution in [2.75, 3.05) is 19.7 Å². The summed E-state index contributed by atoms with van der Waals surface area (Å²) in [5.74, 6) is -2.97. The van der Waals surface area contributed by atoms with Gasteiger partial charge < -0.3 is 42.2 Å². The number of carboxylic acids is 1. The van der Waals surface area contributed by atoms with Gasteiger partial charge in [-0.05, 0) is 43.9 Å². The van der Waals surface area contributed by atoms with E-state index in [1.54, 1.807) is 6.20 Å². The number of carbonyl (C=O) groups excluding carboxylic acids is 3. The minimum absolute atomic E-state index is 0.170. The number of unbranched alkanes of at least 4 members (excludes halogenated alkanes) is 1. The van der Waals surface area contributed by atoms with E-state index in [1.807, 2.05) is 24.3 Å². The normalized spacial score (nSPS) is 17.8. The number of H-pyrrole nitrogens is 1. The summed E-state index contributed by atoms with van der Waals surface area (Å²) in [6.07, 6.45) is 4.65. The van der Waals surface area contributed by atoms with E-state index in [1.165, 1.54) is 4.90 Å². The first kappa shape index (κ1) is 28.1. The van der Waals surface area contributed by atoms with Crippen molar-refractivity contribution >= 4 is 34.6 Å². The van der Waals surface area contributed by atoms with Gasteiger partial charge in [-0.3, -0.25) is 14.4 Å². The molecule has 0 aliphatic carbocycles. The molecule has 2 heterocycles. The monoisotopic (exact) mass is 516 g/mol. The maximum absolute atomic E-state index is 13.7. The molecule has 37 heavy (non-hydrogen) atoms. The molecule has 12 nitrogen and oxygen atoms in total. The first-order chi connectivity index (χ1) is 17.8. The lowest BCUT2D eigenvalue weighted by Gasteiger charge is -2.30. The third-order valence-corrected chi connectivity index (χ3v) is 6.66. The number of fused-ring (bicyclic) bond motifs is 1. The molecular formula is C25H36N6O6. The van der Waals surface area contributed by atoms with Crippen LogP contribution in [0, 0.1) is 0 Å². The maximum Gasteiger partial charge on any atom is 0.328 e. The van der Waals surface area contributed by atoms with Gasteiger partial charge in [0.05, 0.1) is 12.6 Å². The summed E-state index contributed by atoms with van der Waals surface area (Å²) in [6.45, 7) is -0.00688. The number of para-hydroxylation sites is 1. The molecule has 9 N–H and O–H groups in total. The minimum atomic E-state index is -1.47. The Kier molecular flexibility index (Phi) is 10.0. The number of carbonyl (C=O) groups is 4. The molecule has 202 valence electrons. The van der Waals surface area contributed by atoms with Gasteiger partial charge >= 0.3 is 5.97 Å². The first-order valence-corrected chi connectivity index (χ1v) is 12.5. The molecular weight excluding hydrogens is 480 g/mol. The van der Waals surface area contributed by atoms with Crippen LogP contribution in [-0.4, -0.2) is 87.7 Å². The quantitative estimate of drug-likeness (QED) is 0.168. The van der Waals surface area contributed by atoms with E-state index >= 15 is 0 Å².